The van der Waals surface area contributed by atoms with Gasteiger partial charge in [-0.1, -0.05) is 0 Å². The third-order valence-corrected chi connectivity index (χ3v) is 3.45. The molecular weight excluding hydrogens is 362 g/mol. The van der Waals surface area contributed by atoms with Crippen LogP contribution in [-0.2, 0) is 4.79 Å². The van der Waals surface area contributed by atoms with E-state index in [0.29, 0.717) is 15.7 Å². The van der Waals surface area contributed by atoms with Crippen LogP contribution >= 0.6 is 15.9 Å². The molecule has 0 bridgehead atoms. The van der Waals surface area contributed by atoms with Gasteiger partial charge in [-0.15, -0.1) is 0 Å². The molecule has 6 nitrogen and oxygen atoms in total. The Morgan fingerprint density at radius 1 is 1.17 bits per heavy atom. The molecule has 23 heavy (non-hydrogen) atoms. The highest BCUT2D eigenvalue weighted by molar-refractivity contribution is 9.10. The molecule has 0 aliphatic rings. The van der Waals surface area contributed by atoms with E-state index in [1.165, 1.54) is 19.2 Å². The van der Waals surface area contributed by atoms with E-state index in [2.05, 4.69) is 31.8 Å². The number of hydrogen-bond donors (Lipinski definition) is 3. The van der Waals surface area contributed by atoms with Crippen molar-refractivity contribution in [3.05, 3.63) is 58.1 Å². The van der Waals surface area contributed by atoms with Crippen LogP contribution < -0.4 is 10.7 Å². The molecule has 0 saturated carbocycles. The van der Waals surface area contributed by atoms with Crippen molar-refractivity contribution in [1.82, 2.24) is 5.43 Å². The highest BCUT2D eigenvalue weighted by Crippen LogP contribution is 2.23. The van der Waals surface area contributed by atoms with Gasteiger partial charge in [0, 0.05) is 18.2 Å². The zero-order valence-corrected chi connectivity index (χ0v) is 13.8. The Balaban J connectivity index is 1.97. The number of halogens is 1. The first-order valence-corrected chi connectivity index (χ1v) is 7.44. The number of carbonyl (C=O) groups is 2. The van der Waals surface area contributed by atoms with E-state index >= 15 is 0 Å². The Hall–Kier alpha value is -2.67. The molecule has 2 aromatic carbocycles. The van der Waals surface area contributed by atoms with Crippen LogP contribution in [0, 0.1) is 0 Å². The van der Waals surface area contributed by atoms with Crippen molar-refractivity contribution in [3.8, 4) is 5.75 Å². The van der Waals surface area contributed by atoms with Crippen LogP contribution in [0.1, 0.15) is 22.8 Å². The van der Waals surface area contributed by atoms with Crippen LogP contribution in [0.25, 0.3) is 0 Å². The number of nitrogens with one attached hydrogen (secondary N) is 2. The van der Waals surface area contributed by atoms with Crippen molar-refractivity contribution in [2.45, 2.75) is 6.92 Å². The SMILES string of the molecule is CC(=O)Nc1ccc(C(=O)N/N=C/c2ccc(O)c(Br)c2)cc1. The predicted molar refractivity (Wildman–Crippen MR) is 91.6 cm³/mol. The van der Waals surface area contributed by atoms with Crippen molar-refractivity contribution < 1.29 is 14.7 Å². The van der Waals surface area contributed by atoms with Crippen LogP contribution in [0.4, 0.5) is 5.69 Å². The van der Waals surface area contributed by atoms with Gasteiger partial charge in [0.15, 0.2) is 0 Å². The highest BCUT2D eigenvalue weighted by Gasteiger charge is 2.04. The van der Waals surface area contributed by atoms with Crippen molar-refractivity contribution in [2.75, 3.05) is 5.32 Å². The summed E-state index contributed by atoms with van der Waals surface area (Å²) >= 11 is 3.20. The lowest BCUT2D eigenvalue weighted by Crippen LogP contribution is -2.17. The number of aromatic hydroxyl groups is 1. The van der Waals surface area contributed by atoms with Crippen molar-refractivity contribution in [3.63, 3.8) is 0 Å². The Morgan fingerprint density at radius 2 is 1.87 bits per heavy atom. The van der Waals surface area contributed by atoms with Crippen molar-refractivity contribution in [1.29, 1.82) is 0 Å². The first-order valence-electron chi connectivity index (χ1n) is 6.65. The van der Waals surface area contributed by atoms with Crippen LogP contribution in [0.5, 0.6) is 5.75 Å². The zero-order chi connectivity index (χ0) is 16.8. The predicted octanol–water partition coefficient (Wildman–Crippen LogP) is 2.88. The summed E-state index contributed by atoms with van der Waals surface area (Å²) in [5.41, 5.74) is 4.16. The summed E-state index contributed by atoms with van der Waals surface area (Å²) in [6.45, 7) is 1.41. The van der Waals surface area contributed by atoms with Gasteiger partial charge in [0.25, 0.3) is 5.91 Å². The Labute approximate surface area is 141 Å². The second-order valence-corrected chi connectivity index (χ2v) is 5.52. The molecule has 0 aliphatic carbocycles. The lowest BCUT2D eigenvalue weighted by molar-refractivity contribution is -0.114. The minimum absolute atomic E-state index is 0.130. The minimum atomic E-state index is -0.367. The van der Waals surface area contributed by atoms with Crippen LogP contribution in [0.15, 0.2) is 52.0 Å². The van der Waals surface area contributed by atoms with E-state index in [-0.39, 0.29) is 17.6 Å². The maximum absolute atomic E-state index is 11.9. The number of hydrazone groups is 1. The molecule has 0 aliphatic heterocycles. The maximum atomic E-state index is 11.9. The fourth-order valence-electron chi connectivity index (χ4n) is 1.74. The van der Waals surface area contributed by atoms with E-state index in [0.717, 1.165) is 5.56 Å². The third kappa shape index (κ3) is 4.93. The quantitative estimate of drug-likeness (QED) is 0.566. The lowest BCUT2D eigenvalue weighted by Gasteiger charge is -2.03. The van der Waals surface area contributed by atoms with E-state index in [1.807, 2.05) is 0 Å². The molecule has 0 unspecified atom stereocenters. The molecular formula is C16H14BrN3O3. The topological polar surface area (TPSA) is 90.8 Å². The molecule has 2 rings (SSSR count). The lowest BCUT2D eigenvalue weighted by atomic mass is 10.2. The molecule has 0 atom stereocenters. The van der Waals surface area contributed by atoms with Crippen LogP contribution in [0.3, 0.4) is 0 Å². The van der Waals surface area contributed by atoms with Gasteiger partial charge in [0.05, 0.1) is 10.7 Å². The summed E-state index contributed by atoms with van der Waals surface area (Å²) in [7, 11) is 0. The summed E-state index contributed by atoms with van der Waals surface area (Å²) in [4.78, 5) is 22.9. The summed E-state index contributed by atoms with van der Waals surface area (Å²) in [6, 6.07) is 11.3. The highest BCUT2D eigenvalue weighted by atomic mass is 79.9. The second kappa shape index (κ2) is 7.55. The van der Waals surface area contributed by atoms with Gasteiger partial charge in [-0.2, -0.15) is 5.10 Å². The Kier molecular flexibility index (Phi) is 5.48. The van der Waals surface area contributed by atoms with Gasteiger partial charge in [-0.25, -0.2) is 5.43 Å². The number of rotatable bonds is 4. The Bertz CT molecular complexity index is 758. The molecule has 0 aromatic heterocycles. The van der Waals surface area contributed by atoms with Crippen molar-refractivity contribution >= 4 is 39.6 Å². The second-order valence-electron chi connectivity index (χ2n) is 4.67. The van der Waals surface area contributed by atoms with Crippen molar-refractivity contribution in [2.24, 2.45) is 5.10 Å². The average Bonchev–Trinajstić information content (AvgIpc) is 2.51. The summed E-state index contributed by atoms with van der Waals surface area (Å²) < 4.78 is 0.543. The van der Waals surface area contributed by atoms with Gasteiger partial charge in [0.1, 0.15) is 5.75 Å². The molecule has 2 aromatic rings. The standard InChI is InChI=1S/C16H14BrN3O3/c1-10(21)19-13-5-3-12(4-6-13)16(23)20-18-9-11-2-7-15(22)14(17)8-11/h2-9,22H,1H3,(H,19,21)(H,20,23)/b18-9+. The molecule has 0 saturated heterocycles. The molecule has 0 heterocycles. The number of anilines is 1. The zero-order valence-electron chi connectivity index (χ0n) is 12.2. The first kappa shape index (κ1) is 16.7. The molecule has 2 amide bonds. The summed E-state index contributed by atoms with van der Waals surface area (Å²) in [5, 5.41) is 15.9. The average molecular weight is 376 g/mol. The molecule has 3 N–H and O–H groups in total. The van der Waals surface area contributed by atoms with Gasteiger partial charge < -0.3 is 10.4 Å². The fourth-order valence-corrected chi connectivity index (χ4v) is 2.14. The van der Waals surface area contributed by atoms with Gasteiger partial charge >= 0.3 is 0 Å². The molecule has 0 radical (unpaired) electrons. The van der Waals surface area contributed by atoms with Crippen LogP contribution in [0.2, 0.25) is 0 Å². The number of amides is 2. The summed E-state index contributed by atoms with van der Waals surface area (Å²) in [5.74, 6) is -0.411. The monoisotopic (exact) mass is 375 g/mol. The summed E-state index contributed by atoms with van der Waals surface area (Å²) in [6.07, 6.45) is 1.47. The fraction of sp³-hybridized carbons (Fsp3) is 0.0625. The number of nitrogens with zero attached hydrogens (tertiary/aromatic N) is 1. The number of benzene rings is 2. The number of phenolic OH excluding ortho intramolecular Hbond substituents is 1. The number of carbonyl (C=O) groups excluding carboxylic acids is 2. The molecule has 118 valence electrons. The first-order chi connectivity index (χ1) is 11.0. The number of phenols is 1. The van der Waals surface area contributed by atoms with E-state index in [1.54, 1.807) is 36.4 Å². The smallest absolute Gasteiger partial charge is 0.271 e. The molecule has 0 fully saturated rings. The normalized spacial score (nSPS) is 10.5. The molecule has 7 heteroatoms. The Morgan fingerprint density at radius 3 is 2.48 bits per heavy atom. The van der Waals surface area contributed by atoms with E-state index in [4.69, 9.17) is 0 Å². The van der Waals surface area contributed by atoms with E-state index in [9.17, 15) is 14.7 Å². The third-order valence-electron chi connectivity index (χ3n) is 2.82. The largest absolute Gasteiger partial charge is 0.507 e. The number of hydrogen-bond acceptors (Lipinski definition) is 4. The maximum Gasteiger partial charge on any atom is 0.271 e. The minimum Gasteiger partial charge on any atom is -0.507 e. The van der Waals surface area contributed by atoms with Crippen LogP contribution in [-0.4, -0.2) is 23.1 Å². The molecule has 0 spiro atoms. The van der Waals surface area contributed by atoms with E-state index < -0.39 is 0 Å². The van der Waals surface area contributed by atoms with Gasteiger partial charge in [-0.3, -0.25) is 9.59 Å². The van der Waals surface area contributed by atoms with Gasteiger partial charge in [0.2, 0.25) is 5.91 Å². The van der Waals surface area contributed by atoms with Gasteiger partial charge in [-0.05, 0) is 64.0 Å².